The molecule has 0 saturated heterocycles. The van der Waals surface area contributed by atoms with Gasteiger partial charge >= 0.3 is 5.97 Å². The minimum Gasteiger partial charge on any atom is -0.493 e. The first-order valence-electron chi connectivity index (χ1n) is 8.93. The Labute approximate surface area is 168 Å². The number of nitrogens with zero attached hydrogens (tertiary/aromatic N) is 3. The molecule has 0 N–H and O–H groups in total. The molecule has 0 unspecified atom stereocenters. The summed E-state index contributed by atoms with van der Waals surface area (Å²) in [5, 5.41) is 1.04. The van der Waals surface area contributed by atoms with Crippen molar-refractivity contribution in [1.29, 1.82) is 0 Å². The van der Waals surface area contributed by atoms with Gasteiger partial charge in [-0.2, -0.15) is 4.37 Å². The molecule has 0 radical (unpaired) electrons. The van der Waals surface area contributed by atoms with Crippen molar-refractivity contribution < 1.29 is 19.0 Å². The van der Waals surface area contributed by atoms with E-state index in [1.54, 1.807) is 19.2 Å². The molecule has 2 heterocycles. The van der Waals surface area contributed by atoms with Crippen molar-refractivity contribution in [1.82, 2.24) is 9.36 Å². The maximum atomic E-state index is 11.4. The van der Waals surface area contributed by atoms with Crippen molar-refractivity contribution >= 4 is 33.5 Å². The SMILES string of the molecule is CCN(CCOC)c1snc2cc(-c3ccc(OC)c(OC(C)=O)c3)cnc12. The molecule has 0 amide bonds. The van der Waals surface area contributed by atoms with Gasteiger partial charge < -0.3 is 19.1 Å². The largest absolute Gasteiger partial charge is 0.493 e. The Kier molecular flexibility index (Phi) is 6.43. The Bertz CT molecular complexity index is 973. The Hall–Kier alpha value is -2.71. The number of aromatic nitrogens is 2. The van der Waals surface area contributed by atoms with Crippen LogP contribution in [0.1, 0.15) is 13.8 Å². The number of hydrogen-bond acceptors (Lipinski definition) is 8. The van der Waals surface area contributed by atoms with Gasteiger partial charge in [0.2, 0.25) is 0 Å². The van der Waals surface area contributed by atoms with E-state index in [0.717, 1.165) is 40.3 Å². The summed E-state index contributed by atoms with van der Waals surface area (Å²) in [4.78, 5) is 18.2. The molecular formula is C20H23N3O4S. The number of pyridine rings is 1. The van der Waals surface area contributed by atoms with Crippen LogP contribution in [0, 0.1) is 0 Å². The number of benzene rings is 1. The lowest BCUT2D eigenvalue weighted by Gasteiger charge is -2.20. The summed E-state index contributed by atoms with van der Waals surface area (Å²) in [6.07, 6.45) is 1.81. The number of ether oxygens (including phenoxy) is 3. The van der Waals surface area contributed by atoms with Crippen LogP contribution in [0.15, 0.2) is 30.5 Å². The third kappa shape index (κ3) is 4.23. The number of fused-ring (bicyclic) bond motifs is 1. The molecular weight excluding hydrogens is 378 g/mol. The summed E-state index contributed by atoms with van der Waals surface area (Å²) < 4.78 is 20.3. The molecule has 0 bridgehead atoms. The van der Waals surface area contributed by atoms with Gasteiger partial charge in [0.05, 0.1) is 13.7 Å². The highest BCUT2D eigenvalue weighted by Crippen LogP contribution is 2.35. The maximum absolute atomic E-state index is 11.4. The summed E-state index contributed by atoms with van der Waals surface area (Å²) in [6.45, 7) is 5.76. The molecule has 8 heteroatoms. The smallest absolute Gasteiger partial charge is 0.308 e. The molecule has 148 valence electrons. The molecule has 3 rings (SSSR count). The average Bonchev–Trinajstić information content (AvgIpc) is 3.11. The summed E-state index contributed by atoms with van der Waals surface area (Å²) in [6, 6.07) is 7.44. The zero-order chi connectivity index (χ0) is 20.1. The van der Waals surface area contributed by atoms with Crippen molar-refractivity contribution in [2.75, 3.05) is 38.8 Å². The van der Waals surface area contributed by atoms with E-state index >= 15 is 0 Å². The van der Waals surface area contributed by atoms with Crippen LogP contribution in [-0.4, -0.2) is 49.2 Å². The van der Waals surface area contributed by atoms with Gasteiger partial charge in [-0.15, -0.1) is 0 Å². The summed E-state index contributed by atoms with van der Waals surface area (Å²) in [7, 11) is 3.23. The number of esters is 1. The van der Waals surface area contributed by atoms with Crippen LogP contribution in [0.2, 0.25) is 0 Å². The lowest BCUT2D eigenvalue weighted by Crippen LogP contribution is -2.26. The van der Waals surface area contributed by atoms with Gasteiger partial charge in [0.15, 0.2) is 11.5 Å². The predicted octanol–water partition coefficient (Wildman–Crippen LogP) is 3.76. The number of rotatable bonds is 8. The highest BCUT2D eigenvalue weighted by Gasteiger charge is 2.15. The van der Waals surface area contributed by atoms with Crippen LogP contribution >= 0.6 is 11.5 Å². The second-order valence-corrected chi connectivity index (χ2v) is 6.86. The van der Waals surface area contributed by atoms with E-state index in [2.05, 4.69) is 21.2 Å². The van der Waals surface area contributed by atoms with Gasteiger partial charge in [-0.25, -0.2) is 0 Å². The van der Waals surface area contributed by atoms with Gasteiger partial charge in [0.1, 0.15) is 16.0 Å². The Morgan fingerprint density at radius 1 is 1.18 bits per heavy atom. The number of carbonyl (C=O) groups excluding carboxylic acids is 1. The summed E-state index contributed by atoms with van der Waals surface area (Å²) >= 11 is 1.44. The van der Waals surface area contributed by atoms with Gasteiger partial charge in [-0.3, -0.25) is 9.78 Å². The predicted molar refractivity (Wildman–Crippen MR) is 110 cm³/mol. The average molecular weight is 401 g/mol. The third-order valence-electron chi connectivity index (χ3n) is 4.29. The molecule has 1 aromatic carbocycles. The Morgan fingerprint density at radius 2 is 2.00 bits per heavy atom. The van der Waals surface area contributed by atoms with E-state index in [1.807, 2.05) is 18.3 Å². The summed E-state index contributed by atoms with van der Waals surface area (Å²) in [5.74, 6) is 0.479. The number of anilines is 1. The first-order valence-corrected chi connectivity index (χ1v) is 9.70. The molecule has 0 aliphatic heterocycles. The third-order valence-corrected chi connectivity index (χ3v) is 5.20. The van der Waals surface area contributed by atoms with Crippen LogP contribution in [0.5, 0.6) is 11.5 Å². The van der Waals surface area contributed by atoms with Crippen molar-refractivity contribution in [3.8, 4) is 22.6 Å². The van der Waals surface area contributed by atoms with Gasteiger partial charge in [0.25, 0.3) is 0 Å². The lowest BCUT2D eigenvalue weighted by atomic mass is 10.1. The Balaban J connectivity index is 1.96. The monoisotopic (exact) mass is 401 g/mol. The summed E-state index contributed by atoms with van der Waals surface area (Å²) in [5.41, 5.74) is 3.46. The van der Waals surface area contributed by atoms with Gasteiger partial charge in [0, 0.05) is 38.9 Å². The maximum Gasteiger partial charge on any atom is 0.308 e. The quantitative estimate of drug-likeness (QED) is 0.420. The molecule has 3 aromatic rings. The van der Waals surface area contributed by atoms with Crippen LogP contribution in [0.25, 0.3) is 22.2 Å². The first kappa shape index (κ1) is 20.0. The zero-order valence-electron chi connectivity index (χ0n) is 16.4. The van der Waals surface area contributed by atoms with Gasteiger partial charge in [-0.1, -0.05) is 6.07 Å². The minimum atomic E-state index is -0.399. The molecule has 7 nitrogen and oxygen atoms in total. The van der Waals surface area contributed by atoms with Crippen molar-refractivity contribution in [2.24, 2.45) is 0 Å². The van der Waals surface area contributed by atoms with Crippen LogP contribution in [0.4, 0.5) is 5.00 Å². The molecule has 2 aromatic heterocycles. The van der Waals surface area contributed by atoms with E-state index in [0.29, 0.717) is 18.1 Å². The minimum absolute atomic E-state index is 0.378. The highest BCUT2D eigenvalue weighted by atomic mass is 32.1. The van der Waals surface area contributed by atoms with Gasteiger partial charge in [-0.05, 0) is 42.2 Å². The molecule has 0 aliphatic rings. The standard InChI is InChI=1S/C20H23N3O4S/c1-5-23(8-9-25-3)20-19-16(22-28-20)10-15(12-21-19)14-6-7-17(26-4)18(11-14)27-13(2)24/h6-7,10-12H,5,8-9H2,1-4H3. The lowest BCUT2D eigenvalue weighted by molar-refractivity contribution is -0.132. The zero-order valence-corrected chi connectivity index (χ0v) is 17.2. The van der Waals surface area contributed by atoms with E-state index in [-0.39, 0.29) is 0 Å². The van der Waals surface area contributed by atoms with Crippen molar-refractivity contribution in [3.05, 3.63) is 30.5 Å². The molecule has 0 atom stereocenters. The number of hydrogen-bond donors (Lipinski definition) is 0. The van der Waals surface area contributed by atoms with E-state index in [4.69, 9.17) is 14.2 Å². The molecule has 0 fully saturated rings. The fraction of sp³-hybridized carbons (Fsp3) is 0.350. The van der Waals surface area contributed by atoms with Crippen LogP contribution in [0.3, 0.4) is 0 Å². The van der Waals surface area contributed by atoms with E-state index < -0.39 is 5.97 Å². The fourth-order valence-electron chi connectivity index (χ4n) is 2.88. The van der Waals surface area contributed by atoms with E-state index in [1.165, 1.54) is 25.6 Å². The Morgan fingerprint density at radius 3 is 2.68 bits per heavy atom. The second kappa shape index (κ2) is 8.99. The first-order chi connectivity index (χ1) is 13.6. The van der Waals surface area contributed by atoms with Crippen molar-refractivity contribution in [2.45, 2.75) is 13.8 Å². The molecule has 0 aliphatic carbocycles. The topological polar surface area (TPSA) is 73.8 Å². The van der Waals surface area contributed by atoms with Crippen molar-refractivity contribution in [3.63, 3.8) is 0 Å². The fourth-order valence-corrected chi connectivity index (χ4v) is 3.79. The second-order valence-electron chi connectivity index (χ2n) is 6.11. The number of methoxy groups -OCH3 is 2. The number of carbonyl (C=O) groups is 1. The molecule has 0 saturated carbocycles. The highest BCUT2D eigenvalue weighted by molar-refractivity contribution is 7.11. The molecule has 0 spiro atoms. The van der Waals surface area contributed by atoms with Crippen LogP contribution in [-0.2, 0) is 9.53 Å². The number of likely N-dealkylation sites (N-methyl/N-ethyl adjacent to an activating group) is 1. The van der Waals surface area contributed by atoms with E-state index in [9.17, 15) is 4.79 Å². The molecule has 28 heavy (non-hydrogen) atoms. The van der Waals surface area contributed by atoms with Crippen LogP contribution < -0.4 is 14.4 Å². The normalized spacial score (nSPS) is 10.9.